The van der Waals surface area contributed by atoms with E-state index in [1.165, 1.54) is 21.6 Å². The fourth-order valence-electron chi connectivity index (χ4n) is 3.65. The van der Waals surface area contributed by atoms with Crippen molar-refractivity contribution in [3.63, 3.8) is 0 Å². The summed E-state index contributed by atoms with van der Waals surface area (Å²) < 4.78 is 1.32. The minimum absolute atomic E-state index is 0.0487. The number of nitrogens with one attached hydrogen (secondary N) is 1. The van der Waals surface area contributed by atoms with Gasteiger partial charge in [-0.05, 0) is 44.7 Å². The van der Waals surface area contributed by atoms with Gasteiger partial charge < -0.3 is 5.32 Å². The minimum Gasteiger partial charge on any atom is -0.350 e. The fourth-order valence-corrected chi connectivity index (χ4v) is 4.73. The maximum absolute atomic E-state index is 12.9. The third kappa shape index (κ3) is 3.51. The van der Waals surface area contributed by atoms with Crippen LogP contribution in [0.25, 0.3) is 10.6 Å². The maximum atomic E-state index is 12.9. The Balaban J connectivity index is 1.58. The number of thiazole rings is 1. The Kier molecular flexibility index (Phi) is 4.86. The molecule has 2 aromatic heterocycles. The Morgan fingerprint density at radius 3 is 2.52 bits per heavy atom. The summed E-state index contributed by atoms with van der Waals surface area (Å²) in [6, 6.07) is 10.3. The van der Waals surface area contributed by atoms with Crippen LogP contribution in [0.15, 0.2) is 35.1 Å². The molecule has 0 atom stereocenters. The van der Waals surface area contributed by atoms with E-state index in [9.17, 15) is 9.59 Å². The lowest BCUT2D eigenvalue weighted by molar-refractivity contribution is 0.0953. The number of benzene rings is 1. The van der Waals surface area contributed by atoms with E-state index < -0.39 is 0 Å². The smallest absolute Gasteiger partial charge is 0.277 e. The molecule has 0 spiro atoms. The van der Waals surface area contributed by atoms with Crippen molar-refractivity contribution in [2.75, 3.05) is 6.54 Å². The number of hydrogen-bond donors (Lipinski definition) is 1. The van der Waals surface area contributed by atoms with Crippen molar-refractivity contribution in [2.45, 2.75) is 39.0 Å². The van der Waals surface area contributed by atoms with Crippen LogP contribution in [0.1, 0.15) is 45.0 Å². The third-order valence-corrected chi connectivity index (χ3v) is 6.94. The van der Waals surface area contributed by atoms with Crippen LogP contribution in [0, 0.1) is 20.8 Å². The van der Waals surface area contributed by atoms with Crippen molar-refractivity contribution >= 4 is 17.2 Å². The first kappa shape index (κ1) is 19.5. The highest BCUT2D eigenvalue weighted by Gasteiger charge is 2.44. The maximum Gasteiger partial charge on any atom is 0.277 e. The molecule has 7 heteroatoms. The van der Waals surface area contributed by atoms with Gasteiger partial charge in [-0.1, -0.05) is 30.3 Å². The van der Waals surface area contributed by atoms with Crippen LogP contribution in [-0.2, 0) is 12.5 Å². The van der Waals surface area contributed by atoms with Gasteiger partial charge in [-0.15, -0.1) is 11.3 Å². The number of carbonyl (C=O) groups excluding carboxylic acids is 1. The molecule has 1 amide bonds. The Morgan fingerprint density at radius 2 is 1.86 bits per heavy atom. The SMILES string of the molecule is Cc1nc(-c2c(C)c(C)nn(C)c2=O)sc1C(=O)NCC1(c2ccccc2)CC1. The molecule has 2 heterocycles. The molecule has 0 aliphatic heterocycles. The summed E-state index contributed by atoms with van der Waals surface area (Å²) in [7, 11) is 1.63. The average Bonchev–Trinajstić information content (AvgIpc) is 3.41. The van der Waals surface area contributed by atoms with Crippen LogP contribution in [0.5, 0.6) is 0 Å². The van der Waals surface area contributed by atoms with Gasteiger partial charge in [0.05, 0.1) is 17.0 Å². The zero-order valence-corrected chi connectivity index (χ0v) is 17.9. The lowest BCUT2D eigenvalue weighted by atomic mass is 9.96. The molecule has 3 aromatic rings. The topological polar surface area (TPSA) is 76.9 Å². The summed E-state index contributed by atoms with van der Waals surface area (Å²) in [5.74, 6) is -0.131. The number of aryl methyl sites for hydroxylation is 3. The zero-order valence-electron chi connectivity index (χ0n) is 17.1. The predicted octanol–water partition coefficient (Wildman–Crippen LogP) is 3.29. The number of carbonyl (C=O) groups is 1. The van der Waals surface area contributed by atoms with Crippen LogP contribution in [0.4, 0.5) is 0 Å². The van der Waals surface area contributed by atoms with E-state index in [1.54, 1.807) is 7.05 Å². The van der Waals surface area contributed by atoms with E-state index in [2.05, 4.69) is 27.5 Å². The van der Waals surface area contributed by atoms with Gasteiger partial charge in [-0.3, -0.25) is 9.59 Å². The molecule has 29 heavy (non-hydrogen) atoms. The third-order valence-electron chi connectivity index (χ3n) is 5.77. The number of hydrogen-bond acceptors (Lipinski definition) is 5. The van der Waals surface area contributed by atoms with E-state index in [0.717, 1.165) is 24.1 Å². The quantitative estimate of drug-likeness (QED) is 0.703. The molecule has 1 aliphatic carbocycles. The van der Waals surface area contributed by atoms with Gasteiger partial charge in [0, 0.05) is 19.0 Å². The van der Waals surface area contributed by atoms with Gasteiger partial charge in [-0.25, -0.2) is 9.67 Å². The molecule has 0 radical (unpaired) electrons. The monoisotopic (exact) mass is 408 g/mol. The summed E-state index contributed by atoms with van der Waals surface area (Å²) >= 11 is 1.27. The van der Waals surface area contributed by atoms with Crippen LogP contribution in [-0.4, -0.2) is 27.2 Å². The number of nitrogens with zero attached hydrogens (tertiary/aromatic N) is 3. The first-order valence-electron chi connectivity index (χ1n) is 9.68. The molecule has 0 unspecified atom stereocenters. The van der Waals surface area contributed by atoms with Crippen molar-refractivity contribution < 1.29 is 4.79 Å². The van der Waals surface area contributed by atoms with Crippen molar-refractivity contribution in [3.8, 4) is 10.6 Å². The first-order valence-corrected chi connectivity index (χ1v) is 10.5. The van der Waals surface area contributed by atoms with Crippen LogP contribution < -0.4 is 10.9 Å². The molecule has 0 saturated heterocycles. The molecular formula is C22H24N4O2S. The molecule has 6 nitrogen and oxygen atoms in total. The number of rotatable bonds is 5. The van der Waals surface area contributed by atoms with Gasteiger partial charge in [0.1, 0.15) is 9.88 Å². The predicted molar refractivity (Wildman–Crippen MR) is 114 cm³/mol. The van der Waals surface area contributed by atoms with E-state index in [1.807, 2.05) is 39.0 Å². The van der Waals surface area contributed by atoms with Crippen molar-refractivity contribution in [1.82, 2.24) is 20.1 Å². The summed E-state index contributed by atoms with van der Waals surface area (Å²) in [5, 5.41) is 7.88. The fraction of sp³-hybridized carbons (Fsp3) is 0.364. The van der Waals surface area contributed by atoms with Gasteiger partial charge in [0.25, 0.3) is 11.5 Å². The van der Waals surface area contributed by atoms with Crippen LogP contribution >= 0.6 is 11.3 Å². The highest BCUT2D eigenvalue weighted by Crippen LogP contribution is 2.47. The highest BCUT2D eigenvalue weighted by atomic mass is 32.1. The Morgan fingerprint density at radius 1 is 1.17 bits per heavy atom. The summed E-state index contributed by atoms with van der Waals surface area (Å²) in [4.78, 5) is 30.6. The summed E-state index contributed by atoms with van der Waals surface area (Å²) in [6.45, 7) is 6.15. The Labute approximate surface area is 173 Å². The number of amides is 1. The molecular weight excluding hydrogens is 384 g/mol. The highest BCUT2D eigenvalue weighted by molar-refractivity contribution is 7.17. The normalized spacial score (nSPS) is 14.6. The molecule has 0 bridgehead atoms. The summed E-state index contributed by atoms with van der Waals surface area (Å²) in [5.41, 5.74) is 3.86. The van der Waals surface area contributed by atoms with Crippen molar-refractivity contribution in [2.24, 2.45) is 7.05 Å². The van der Waals surface area contributed by atoms with E-state index >= 15 is 0 Å². The average molecular weight is 409 g/mol. The van der Waals surface area contributed by atoms with Gasteiger partial charge in [-0.2, -0.15) is 5.10 Å². The molecule has 1 aliphatic rings. The molecule has 1 saturated carbocycles. The zero-order chi connectivity index (χ0) is 20.8. The lowest BCUT2D eigenvalue weighted by Crippen LogP contribution is -2.32. The first-order chi connectivity index (χ1) is 13.8. The lowest BCUT2D eigenvalue weighted by Gasteiger charge is -2.16. The summed E-state index contributed by atoms with van der Waals surface area (Å²) in [6.07, 6.45) is 2.16. The molecule has 1 aromatic carbocycles. The molecule has 1 fully saturated rings. The van der Waals surface area contributed by atoms with E-state index in [-0.39, 0.29) is 16.9 Å². The number of aromatic nitrogens is 3. The van der Waals surface area contributed by atoms with E-state index in [4.69, 9.17) is 0 Å². The van der Waals surface area contributed by atoms with Crippen LogP contribution in [0.3, 0.4) is 0 Å². The van der Waals surface area contributed by atoms with E-state index in [0.29, 0.717) is 27.7 Å². The van der Waals surface area contributed by atoms with Crippen molar-refractivity contribution in [1.29, 1.82) is 0 Å². The van der Waals surface area contributed by atoms with Gasteiger partial charge in [0.15, 0.2) is 0 Å². The molecule has 150 valence electrons. The van der Waals surface area contributed by atoms with Crippen molar-refractivity contribution in [3.05, 3.63) is 68.1 Å². The second-order valence-corrected chi connectivity index (χ2v) is 8.78. The largest absolute Gasteiger partial charge is 0.350 e. The molecule has 4 rings (SSSR count). The molecule has 1 N–H and O–H groups in total. The van der Waals surface area contributed by atoms with Gasteiger partial charge >= 0.3 is 0 Å². The minimum atomic E-state index is -0.199. The second kappa shape index (κ2) is 7.22. The Hall–Kier alpha value is -2.80. The second-order valence-electron chi connectivity index (χ2n) is 7.78. The Bertz CT molecular complexity index is 1140. The van der Waals surface area contributed by atoms with Crippen LogP contribution in [0.2, 0.25) is 0 Å². The van der Waals surface area contributed by atoms with Gasteiger partial charge in [0.2, 0.25) is 0 Å². The standard InChI is InChI=1S/C22H24N4O2S/c1-13-14(2)25-26(4)21(28)17(13)20-24-15(3)18(29-20)19(27)23-12-22(10-11-22)16-8-6-5-7-9-16/h5-9H,10-12H2,1-4H3,(H,23,27).